The summed E-state index contributed by atoms with van der Waals surface area (Å²) in [4.78, 5) is 15.5. The number of hydrogen-bond donors (Lipinski definition) is 0. The molecule has 0 amide bonds. The van der Waals surface area contributed by atoms with E-state index in [0.29, 0.717) is 12.3 Å². The van der Waals surface area contributed by atoms with Crippen molar-refractivity contribution in [3.8, 4) is 22.8 Å². The molecule has 0 aliphatic carbocycles. The molecule has 0 unspecified atom stereocenters. The van der Waals surface area contributed by atoms with E-state index in [2.05, 4.69) is 4.98 Å². The lowest BCUT2D eigenvalue weighted by molar-refractivity contribution is -0.121. The van der Waals surface area contributed by atoms with Crippen LogP contribution < -0.4 is 9.47 Å². The summed E-state index contributed by atoms with van der Waals surface area (Å²) in [7, 11) is 1.60. The minimum Gasteiger partial charge on any atom is -0.486 e. The van der Waals surface area contributed by atoms with Crippen molar-refractivity contribution in [2.24, 2.45) is 0 Å². The normalized spacial score (nSPS) is 13.6. The van der Waals surface area contributed by atoms with Gasteiger partial charge in [-0.3, -0.25) is 4.79 Å². The van der Waals surface area contributed by atoms with Crippen molar-refractivity contribution in [1.29, 1.82) is 0 Å². The molecule has 3 rings (SSSR count). The third-order valence-corrected chi connectivity index (χ3v) is 3.12. The summed E-state index contributed by atoms with van der Waals surface area (Å²) in [5.41, 5.74) is 2.81. The molecule has 0 N–H and O–H groups in total. The minimum atomic E-state index is 0.110. The first kappa shape index (κ1) is 11.7. The van der Waals surface area contributed by atoms with Gasteiger partial charge in [-0.05, 0) is 23.8 Å². The lowest BCUT2D eigenvalue weighted by Gasteiger charge is -2.17. The van der Waals surface area contributed by atoms with Crippen LogP contribution in [0.4, 0.5) is 0 Å². The molecule has 1 aliphatic rings. The molecule has 96 valence electrons. The molecule has 4 nitrogen and oxygen atoms in total. The molecule has 0 radical (unpaired) electrons. The lowest BCUT2D eigenvalue weighted by atomic mass is 10.00. The maximum Gasteiger partial charge on any atom is 0.221 e. The molecule has 2 aromatic rings. The molecule has 19 heavy (non-hydrogen) atoms. The quantitative estimate of drug-likeness (QED) is 0.826. The second-order valence-corrected chi connectivity index (χ2v) is 4.39. The zero-order valence-corrected chi connectivity index (χ0v) is 10.6. The van der Waals surface area contributed by atoms with Crippen LogP contribution in [-0.4, -0.2) is 24.5 Å². The molecule has 0 saturated carbocycles. The highest BCUT2D eigenvalue weighted by molar-refractivity contribution is 5.85. The van der Waals surface area contributed by atoms with Gasteiger partial charge in [0.1, 0.15) is 12.4 Å². The van der Waals surface area contributed by atoms with Crippen molar-refractivity contribution in [2.45, 2.75) is 6.42 Å². The first-order valence-electron chi connectivity index (χ1n) is 6.05. The number of aromatic nitrogens is 1. The van der Waals surface area contributed by atoms with Gasteiger partial charge >= 0.3 is 0 Å². The Bertz CT molecular complexity index is 637. The number of Topliss-reactive ketones (excluding diaryl/α,β-unsaturated/α-hetero) is 1. The molecule has 1 aromatic heterocycles. The van der Waals surface area contributed by atoms with Gasteiger partial charge in [-0.15, -0.1) is 0 Å². The van der Waals surface area contributed by atoms with Gasteiger partial charge in [0.25, 0.3) is 0 Å². The Morgan fingerprint density at radius 1 is 1.32 bits per heavy atom. The van der Waals surface area contributed by atoms with E-state index < -0.39 is 0 Å². The standard InChI is InChI=1S/C15H13NO3/c1-18-15-13(3-2-6-16-15)10-4-5-11-7-12(17)9-19-14(11)8-10/h2-6,8H,7,9H2,1H3. The fourth-order valence-electron chi connectivity index (χ4n) is 2.20. The summed E-state index contributed by atoms with van der Waals surface area (Å²) in [5.74, 6) is 1.46. The Kier molecular flexibility index (Phi) is 2.91. The largest absolute Gasteiger partial charge is 0.486 e. The highest BCUT2D eigenvalue weighted by Gasteiger charge is 2.18. The maximum atomic E-state index is 11.3. The Hall–Kier alpha value is -2.36. The number of carbonyl (C=O) groups excluding carboxylic acids is 1. The zero-order valence-electron chi connectivity index (χ0n) is 10.6. The minimum absolute atomic E-state index is 0.110. The van der Waals surface area contributed by atoms with E-state index in [9.17, 15) is 4.79 Å². The molecule has 0 spiro atoms. The van der Waals surface area contributed by atoms with E-state index in [4.69, 9.17) is 9.47 Å². The van der Waals surface area contributed by atoms with E-state index in [1.165, 1.54) is 0 Å². The fourth-order valence-corrected chi connectivity index (χ4v) is 2.20. The molecule has 0 fully saturated rings. The van der Waals surface area contributed by atoms with Gasteiger partial charge in [-0.25, -0.2) is 4.98 Å². The van der Waals surface area contributed by atoms with Crippen LogP contribution in [0.15, 0.2) is 36.5 Å². The Morgan fingerprint density at radius 3 is 3.05 bits per heavy atom. The monoisotopic (exact) mass is 255 g/mol. The first-order chi connectivity index (χ1) is 9.28. The van der Waals surface area contributed by atoms with E-state index in [-0.39, 0.29) is 12.4 Å². The van der Waals surface area contributed by atoms with Crippen LogP contribution in [0, 0.1) is 0 Å². The smallest absolute Gasteiger partial charge is 0.221 e. The first-order valence-corrected chi connectivity index (χ1v) is 6.05. The number of benzene rings is 1. The van der Waals surface area contributed by atoms with Crippen molar-refractivity contribution >= 4 is 5.78 Å². The van der Waals surface area contributed by atoms with Gasteiger partial charge in [-0.2, -0.15) is 0 Å². The van der Waals surface area contributed by atoms with Gasteiger partial charge in [0.15, 0.2) is 5.78 Å². The molecule has 0 atom stereocenters. The van der Waals surface area contributed by atoms with Crippen LogP contribution in [0.5, 0.6) is 11.6 Å². The number of ether oxygens (including phenoxy) is 2. The van der Waals surface area contributed by atoms with Crippen molar-refractivity contribution < 1.29 is 14.3 Å². The van der Waals surface area contributed by atoms with Crippen molar-refractivity contribution in [2.75, 3.05) is 13.7 Å². The van der Waals surface area contributed by atoms with E-state index in [1.54, 1.807) is 13.3 Å². The third-order valence-electron chi connectivity index (χ3n) is 3.12. The lowest BCUT2D eigenvalue weighted by Crippen LogP contribution is -2.20. The number of ketones is 1. The van der Waals surface area contributed by atoms with Gasteiger partial charge in [0, 0.05) is 23.7 Å². The van der Waals surface area contributed by atoms with Crippen molar-refractivity contribution in [3.05, 3.63) is 42.1 Å². The molecule has 2 heterocycles. The summed E-state index contributed by atoms with van der Waals surface area (Å²) in [5, 5.41) is 0. The maximum absolute atomic E-state index is 11.3. The number of methoxy groups -OCH3 is 1. The highest BCUT2D eigenvalue weighted by atomic mass is 16.5. The van der Waals surface area contributed by atoms with Gasteiger partial charge in [-0.1, -0.05) is 12.1 Å². The fraction of sp³-hybridized carbons (Fsp3) is 0.200. The second-order valence-electron chi connectivity index (χ2n) is 4.39. The number of hydrogen-bond acceptors (Lipinski definition) is 4. The molecular weight excluding hydrogens is 242 g/mol. The molecule has 0 bridgehead atoms. The van der Waals surface area contributed by atoms with Crippen LogP contribution in [0.3, 0.4) is 0 Å². The van der Waals surface area contributed by atoms with Crippen LogP contribution in [0.2, 0.25) is 0 Å². The average molecular weight is 255 g/mol. The SMILES string of the molecule is COc1ncccc1-c1ccc2c(c1)OCC(=O)C2. The van der Waals surface area contributed by atoms with Crippen LogP contribution in [-0.2, 0) is 11.2 Å². The Labute approximate surface area is 111 Å². The Balaban J connectivity index is 2.05. The molecular formula is C15H13NO3. The topological polar surface area (TPSA) is 48.4 Å². The van der Waals surface area contributed by atoms with Crippen molar-refractivity contribution in [3.63, 3.8) is 0 Å². The summed E-state index contributed by atoms with van der Waals surface area (Å²) >= 11 is 0. The van der Waals surface area contributed by atoms with E-state index in [0.717, 1.165) is 22.4 Å². The van der Waals surface area contributed by atoms with Crippen LogP contribution in [0.1, 0.15) is 5.56 Å². The van der Waals surface area contributed by atoms with E-state index in [1.807, 2.05) is 30.3 Å². The number of carbonyl (C=O) groups is 1. The predicted octanol–water partition coefficient (Wildman–Crippen LogP) is 2.26. The summed E-state index contributed by atoms with van der Waals surface area (Å²) in [6.45, 7) is 0.153. The van der Waals surface area contributed by atoms with Crippen molar-refractivity contribution in [1.82, 2.24) is 4.98 Å². The molecule has 1 aromatic carbocycles. The molecule has 1 aliphatic heterocycles. The third kappa shape index (κ3) is 2.17. The summed E-state index contributed by atoms with van der Waals surface area (Å²) in [6, 6.07) is 9.62. The second kappa shape index (κ2) is 4.72. The van der Waals surface area contributed by atoms with Gasteiger partial charge < -0.3 is 9.47 Å². The van der Waals surface area contributed by atoms with Crippen LogP contribution in [0.25, 0.3) is 11.1 Å². The van der Waals surface area contributed by atoms with Crippen LogP contribution >= 0.6 is 0 Å². The molecule has 4 heteroatoms. The Morgan fingerprint density at radius 2 is 2.21 bits per heavy atom. The number of nitrogens with zero attached hydrogens (tertiary/aromatic N) is 1. The predicted molar refractivity (Wildman–Crippen MR) is 70.4 cm³/mol. The number of rotatable bonds is 2. The number of pyridine rings is 1. The summed E-state index contributed by atoms with van der Waals surface area (Å²) in [6.07, 6.45) is 2.13. The summed E-state index contributed by atoms with van der Waals surface area (Å²) < 4.78 is 10.7. The van der Waals surface area contributed by atoms with Gasteiger partial charge in [0.2, 0.25) is 5.88 Å². The number of fused-ring (bicyclic) bond motifs is 1. The highest BCUT2D eigenvalue weighted by Crippen LogP contribution is 2.33. The zero-order chi connectivity index (χ0) is 13.2. The van der Waals surface area contributed by atoms with E-state index >= 15 is 0 Å². The van der Waals surface area contributed by atoms with Gasteiger partial charge in [0.05, 0.1) is 7.11 Å². The average Bonchev–Trinajstić information content (AvgIpc) is 2.46. The molecule has 0 saturated heterocycles.